The third kappa shape index (κ3) is 3.15. The van der Waals surface area contributed by atoms with Gasteiger partial charge in [0.05, 0.1) is 22.5 Å². The van der Waals surface area contributed by atoms with E-state index in [2.05, 4.69) is 14.8 Å². The Bertz CT molecular complexity index is 1150. The van der Waals surface area contributed by atoms with Crippen molar-refractivity contribution in [3.8, 4) is 0 Å². The zero-order valence-corrected chi connectivity index (χ0v) is 16.5. The molecule has 140 valence electrons. The van der Waals surface area contributed by atoms with E-state index in [4.69, 9.17) is 16.6 Å². The van der Waals surface area contributed by atoms with Gasteiger partial charge in [0.15, 0.2) is 0 Å². The fraction of sp³-hybridized carbons (Fsp3) is 0.143. The second-order valence-electron chi connectivity index (χ2n) is 6.71. The predicted molar refractivity (Wildman–Crippen MR) is 115 cm³/mol. The molecule has 0 saturated carbocycles. The largest absolute Gasteiger partial charge is 0.362 e. The molecule has 0 fully saturated rings. The van der Waals surface area contributed by atoms with Crippen molar-refractivity contribution in [3.05, 3.63) is 75.7 Å². The van der Waals surface area contributed by atoms with Gasteiger partial charge in [-0.25, -0.2) is 4.98 Å². The van der Waals surface area contributed by atoms with Crippen LogP contribution in [0.15, 0.2) is 60.0 Å². The highest BCUT2D eigenvalue weighted by atomic mass is 35.5. The van der Waals surface area contributed by atoms with Crippen molar-refractivity contribution < 1.29 is 4.79 Å². The van der Waals surface area contributed by atoms with E-state index in [1.807, 2.05) is 60.0 Å². The Morgan fingerprint density at radius 1 is 1.11 bits per heavy atom. The van der Waals surface area contributed by atoms with Crippen molar-refractivity contribution in [2.45, 2.75) is 13.1 Å². The summed E-state index contributed by atoms with van der Waals surface area (Å²) in [6, 6.07) is 17.5. The molecule has 1 aliphatic rings. The number of nitrogens with one attached hydrogen (secondary N) is 1. The number of imidazole rings is 1. The van der Waals surface area contributed by atoms with Crippen LogP contribution in [0.25, 0.3) is 11.0 Å². The predicted octanol–water partition coefficient (Wildman–Crippen LogP) is 5.02. The van der Waals surface area contributed by atoms with E-state index in [9.17, 15) is 4.79 Å². The third-order valence-electron chi connectivity index (χ3n) is 4.95. The molecule has 1 amide bonds. The van der Waals surface area contributed by atoms with Crippen molar-refractivity contribution in [1.82, 2.24) is 9.55 Å². The standard InChI is InChI=1S/C21H17ClN4OS/c22-14-3-8-18-17(12-14)24-20-13-25(9-10-26(18)20)16-6-4-15(5-7-16)23-21(27)19-2-1-11-28-19/h1-8,11-12H,9-10,13H2,(H,23,27). The highest BCUT2D eigenvalue weighted by Crippen LogP contribution is 2.27. The maximum atomic E-state index is 12.2. The van der Waals surface area contributed by atoms with Crippen molar-refractivity contribution in [1.29, 1.82) is 0 Å². The summed E-state index contributed by atoms with van der Waals surface area (Å²) in [6.45, 7) is 2.53. The van der Waals surface area contributed by atoms with Gasteiger partial charge >= 0.3 is 0 Å². The summed E-state index contributed by atoms with van der Waals surface area (Å²) < 4.78 is 2.26. The van der Waals surface area contributed by atoms with Gasteiger partial charge in [0.25, 0.3) is 5.91 Å². The van der Waals surface area contributed by atoms with E-state index in [-0.39, 0.29) is 5.91 Å². The third-order valence-corrected chi connectivity index (χ3v) is 6.05. The lowest BCUT2D eigenvalue weighted by atomic mass is 10.2. The first kappa shape index (κ1) is 17.3. The number of hydrogen-bond donors (Lipinski definition) is 1. The molecule has 28 heavy (non-hydrogen) atoms. The molecule has 0 aliphatic carbocycles. The molecule has 2 aromatic carbocycles. The Morgan fingerprint density at radius 2 is 1.96 bits per heavy atom. The van der Waals surface area contributed by atoms with Gasteiger partial charge in [0, 0.05) is 29.5 Å². The Morgan fingerprint density at radius 3 is 2.75 bits per heavy atom. The number of nitrogens with zero attached hydrogens (tertiary/aromatic N) is 3. The molecule has 0 saturated heterocycles. The lowest BCUT2D eigenvalue weighted by Gasteiger charge is -2.30. The molecule has 4 aromatic rings. The van der Waals surface area contributed by atoms with Crippen LogP contribution >= 0.6 is 22.9 Å². The number of benzene rings is 2. The topological polar surface area (TPSA) is 50.2 Å². The molecule has 2 aromatic heterocycles. The Hall–Kier alpha value is -2.83. The van der Waals surface area contributed by atoms with E-state index < -0.39 is 0 Å². The number of hydrogen-bond acceptors (Lipinski definition) is 4. The molecule has 5 nitrogen and oxygen atoms in total. The van der Waals surface area contributed by atoms with Crippen molar-refractivity contribution >= 4 is 51.3 Å². The van der Waals surface area contributed by atoms with Gasteiger partial charge in [0.1, 0.15) is 5.82 Å². The van der Waals surface area contributed by atoms with Crippen molar-refractivity contribution in [2.24, 2.45) is 0 Å². The summed E-state index contributed by atoms with van der Waals surface area (Å²) >= 11 is 7.54. The van der Waals surface area contributed by atoms with Gasteiger partial charge in [0.2, 0.25) is 0 Å². The van der Waals surface area contributed by atoms with Crippen LogP contribution in [0.4, 0.5) is 11.4 Å². The molecule has 0 radical (unpaired) electrons. The van der Waals surface area contributed by atoms with Crippen LogP contribution < -0.4 is 10.2 Å². The summed E-state index contributed by atoms with van der Waals surface area (Å²) in [5.41, 5.74) is 3.98. The van der Waals surface area contributed by atoms with Gasteiger partial charge in [-0.05, 0) is 53.9 Å². The summed E-state index contributed by atoms with van der Waals surface area (Å²) in [5, 5.41) is 5.54. The molecule has 5 rings (SSSR count). The smallest absolute Gasteiger partial charge is 0.265 e. The van der Waals surface area contributed by atoms with Crippen molar-refractivity contribution in [2.75, 3.05) is 16.8 Å². The number of rotatable bonds is 3. The average molecular weight is 409 g/mol. The Labute approximate surface area is 171 Å². The molecular weight excluding hydrogens is 392 g/mol. The van der Waals surface area contributed by atoms with Gasteiger partial charge in [-0.2, -0.15) is 0 Å². The van der Waals surface area contributed by atoms with E-state index in [0.717, 1.165) is 47.9 Å². The van der Waals surface area contributed by atoms with E-state index in [1.165, 1.54) is 11.3 Å². The number of thiophene rings is 1. The van der Waals surface area contributed by atoms with Gasteiger partial charge in [-0.15, -0.1) is 11.3 Å². The van der Waals surface area contributed by atoms with Crippen LogP contribution in [-0.2, 0) is 13.1 Å². The summed E-state index contributed by atoms with van der Waals surface area (Å²) in [4.78, 5) is 19.9. The van der Waals surface area contributed by atoms with Gasteiger partial charge < -0.3 is 14.8 Å². The fourth-order valence-corrected chi connectivity index (χ4v) is 4.36. The number of carbonyl (C=O) groups excluding carboxylic acids is 1. The second-order valence-corrected chi connectivity index (χ2v) is 8.10. The fourth-order valence-electron chi connectivity index (χ4n) is 3.57. The van der Waals surface area contributed by atoms with Crippen LogP contribution in [-0.4, -0.2) is 22.0 Å². The monoisotopic (exact) mass is 408 g/mol. The number of fused-ring (bicyclic) bond motifs is 3. The van der Waals surface area contributed by atoms with Crippen LogP contribution in [0, 0.1) is 0 Å². The van der Waals surface area contributed by atoms with Crippen LogP contribution in [0.1, 0.15) is 15.5 Å². The summed E-state index contributed by atoms with van der Waals surface area (Å²) in [5.74, 6) is 0.965. The maximum absolute atomic E-state index is 12.2. The highest BCUT2D eigenvalue weighted by molar-refractivity contribution is 7.12. The SMILES string of the molecule is O=C(Nc1ccc(N2CCn3c(nc4cc(Cl)ccc43)C2)cc1)c1cccs1. The first-order valence-corrected chi connectivity index (χ1v) is 10.3. The van der Waals surface area contributed by atoms with Crippen LogP contribution in [0.2, 0.25) is 5.02 Å². The molecule has 0 bridgehead atoms. The minimum Gasteiger partial charge on any atom is -0.362 e. The molecule has 0 unspecified atom stereocenters. The minimum absolute atomic E-state index is 0.0758. The maximum Gasteiger partial charge on any atom is 0.265 e. The average Bonchev–Trinajstić information content (AvgIpc) is 3.35. The Kier molecular flexibility index (Phi) is 4.30. The molecule has 1 N–H and O–H groups in total. The van der Waals surface area contributed by atoms with Crippen LogP contribution in [0.3, 0.4) is 0 Å². The van der Waals surface area contributed by atoms with Gasteiger partial charge in [-0.1, -0.05) is 17.7 Å². The molecule has 0 atom stereocenters. The van der Waals surface area contributed by atoms with Crippen molar-refractivity contribution in [3.63, 3.8) is 0 Å². The Balaban J connectivity index is 1.33. The quantitative estimate of drug-likeness (QED) is 0.517. The summed E-state index contributed by atoms with van der Waals surface area (Å²) in [6.07, 6.45) is 0. The number of anilines is 2. The molecule has 0 spiro atoms. The molecule has 1 aliphatic heterocycles. The minimum atomic E-state index is -0.0758. The zero-order chi connectivity index (χ0) is 19.1. The number of halogens is 1. The van der Waals surface area contributed by atoms with E-state index in [0.29, 0.717) is 9.90 Å². The molecule has 3 heterocycles. The lowest BCUT2D eigenvalue weighted by Crippen LogP contribution is -2.33. The zero-order valence-electron chi connectivity index (χ0n) is 14.9. The number of amides is 1. The highest BCUT2D eigenvalue weighted by Gasteiger charge is 2.20. The molecule has 7 heteroatoms. The number of carbonyl (C=O) groups is 1. The van der Waals surface area contributed by atoms with E-state index in [1.54, 1.807) is 0 Å². The normalized spacial score (nSPS) is 13.5. The van der Waals surface area contributed by atoms with E-state index >= 15 is 0 Å². The van der Waals surface area contributed by atoms with Gasteiger partial charge in [-0.3, -0.25) is 4.79 Å². The van der Waals surface area contributed by atoms with Crippen LogP contribution in [0.5, 0.6) is 0 Å². The second kappa shape index (κ2) is 6.96. The lowest BCUT2D eigenvalue weighted by molar-refractivity contribution is 0.103. The first-order chi connectivity index (χ1) is 13.7. The summed E-state index contributed by atoms with van der Waals surface area (Å²) in [7, 11) is 0. The molecular formula is C21H17ClN4OS. The first-order valence-electron chi connectivity index (χ1n) is 9.02. The number of aromatic nitrogens is 2.